The third-order valence-electron chi connectivity index (χ3n) is 5.97. The standard InChI is InChI=1S/C27H29FN2O5/c1-17(2)25-24(27(33)34-16-18-6-4-3-5-7-18)29-26(19-8-10-20(28)11-9-19)30(25)13-12-22-14-21(31)15-23(32)35-22/h3-11,17,21-22,31H,12-16H2,1-2H3. The maximum Gasteiger partial charge on any atom is 0.359 e. The van der Waals surface area contributed by atoms with Gasteiger partial charge < -0.3 is 19.1 Å². The average molecular weight is 481 g/mol. The van der Waals surface area contributed by atoms with Crippen LogP contribution in [0.1, 0.15) is 60.8 Å². The van der Waals surface area contributed by atoms with Gasteiger partial charge in [-0.25, -0.2) is 14.2 Å². The summed E-state index contributed by atoms with van der Waals surface area (Å²) in [5.74, 6) is -0.911. The van der Waals surface area contributed by atoms with Crippen LogP contribution in [0.2, 0.25) is 0 Å². The summed E-state index contributed by atoms with van der Waals surface area (Å²) in [5, 5.41) is 9.96. The van der Waals surface area contributed by atoms with E-state index in [2.05, 4.69) is 4.98 Å². The lowest BCUT2D eigenvalue weighted by Gasteiger charge is -2.26. The van der Waals surface area contributed by atoms with Crippen LogP contribution in [0.4, 0.5) is 4.39 Å². The molecule has 2 aromatic carbocycles. The number of aliphatic hydroxyl groups is 1. The number of rotatable bonds is 8. The average Bonchev–Trinajstić information content (AvgIpc) is 3.22. The Morgan fingerprint density at radius 3 is 2.57 bits per heavy atom. The van der Waals surface area contributed by atoms with E-state index >= 15 is 0 Å². The summed E-state index contributed by atoms with van der Waals surface area (Å²) in [6, 6.07) is 15.3. The second-order valence-electron chi connectivity index (χ2n) is 9.04. The summed E-state index contributed by atoms with van der Waals surface area (Å²) < 4.78 is 26.5. The molecule has 1 aliphatic heterocycles. The van der Waals surface area contributed by atoms with E-state index in [0.717, 1.165) is 5.56 Å². The van der Waals surface area contributed by atoms with Crippen LogP contribution >= 0.6 is 0 Å². The number of cyclic esters (lactones) is 1. The van der Waals surface area contributed by atoms with E-state index in [1.807, 2.05) is 48.7 Å². The SMILES string of the molecule is CC(C)c1c(C(=O)OCc2ccccc2)nc(-c2ccc(F)cc2)n1CCC1CC(O)CC(=O)O1. The molecule has 2 unspecified atom stereocenters. The minimum absolute atomic E-state index is 0.00292. The molecule has 0 amide bonds. The predicted molar refractivity (Wildman–Crippen MR) is 127 cm³/mol. The Morgan fingerprint density at radius 1 is 1.20 bits per heavy atom. The smallest absolute Gasteiger partial charge is 0.359 e. The van der Waals surface area contributed by atoms with Gasteiger partial charge in [-0.2, -0.15) is 0 Å². The summed E-state index contributed by atoms with van der Waals surface area (Å²) in [6.07, 6.45) is -0.380. The molecule has 0 bridgehead atoms. The first kappa shape index (κ1) is 24.6. The molecular weight excluding hydrogens is 451 g/mol. The molecule has 1 aromatic heterocycles. The van der Waals surface area contributed by atoms with Crippen molar-refractivity contribution in [1.82, 2.24) is 9.55 Å². The van der Waals surface area contributed by atoms with Gasteiger partial charge in [-0.15, -0.1) is 0 Å². The number of esters is 2. The number of benzene rings is 2. The Labute approximate surface area is 203 Å². The fourth-order valence-electron chi connectivity index (χ4n) is 4.35. The summed E-state index contributed by atoms with van der Waals surface area (Å²) in [4.78, 5) is 29.5. The summed E-state index contributed by atoms with van der Waals surface area (Å²) in [5.41, 5.74) is 2.40. The largest absolute Gasteiger partial charge is 0.462 e. The fraction of sp³-hybridized carbons (Fsp3) is 0.370. The van der Waals surface area contributed by atoms with E-state index in [9.17, 15) is 19.1 Å². The lowest BCUT2D eigenvalue weighted by molar-refractivity contribution is -0.160. The zero-order valence-electron chi connectivity index (χ0n) is 19.8. The van der Waals surface area contributed by atoms with Gasteiger partial charge in [-0.3, -0.25) is 4.79 Å². The van der Waals surface area contributed by atoms with Gasteiger partial charge in [0.15, 0.2) is 5.69 Å². The molecule has 0 radical (unpaired) electrons. The van der Waals surface area contributed by atoms with Gasteiger partial charge in [-0.1, -0.05) is 44.2 Å². The van der Waals surface area contributed by atoms with Crippen molar-refractivity contribution in [2.75, 3.05) is 0 Å². The van der Waals surface area contributed by atoms with Crippen LogP contribution in [0.5, 0.6) is 0 Å². The molecule has 0 spiro atoms. The van der Waals surface area contributed by atoms with Gasteiger partial charge in [-0.05, 0) is 35.7 Å². The number of carbonyl (C=O) groups is 2. The van der Waals surface area contributed by atoms with E-state index in [1.54, 1.807) is 12.1 Å². The first-order valence-electron chi connectivity index (χ1n) is 11.8. The first-order chi connectivity index (χ1) is 16.8. The summed E-state index contributed by atoms with van der Waals surface area (Å²) >= 11 is 0. The quantitative estimate of drug-likeness (QED) is 0.473. The Bertz CT molecular complexity index is 1170. The number of carbonyl (C=O) groups excluding carboxylic acids is 2. The van der Waals surface area contributed by atoms with Crippen molar-refractivity contribution in [3.8, 4) is 11.4 Å². The molecule has 0 saturated carbocycles. The monoisotopic (exact) mass is 480 g/mol. The van der Waals surface area contributed by atoms with Crippen LogP contribution in [0, 0.1) is 5.82 Å². The maximum atomic E-state index is 13.6. The van der Waals surface area contributed by atoms with Crippen LogP contribution in [0.25, 0.3) is 11.4 Å². The zero-order valence-corrected chi connectivity index (χ0v) is 19.8. The topological polar surface area (TPSA) is 90.6 Å². The van der Waals surface area contributed by atoms with E-state index < -0.39 is 24.1 Å². The van der Waals surface area contributed by atoms with Crippen LogP contribution in [-0.2, 0) is 27.4 Å². The number of hydrogen-bond acceptors (Lipinski definition) is 6. The molecule has 4 rings (SSSR count). The zero-order chi connectivity index (χ0) is 24.9. The van der Waals surface area contributed by atoms with Crippen LogP contribution < -0.4 is 0 Å². The highest BCUT2D eigenvalue weighted by Gasteiger charge is 2.30. The minimum atomic E-state index is -0.728. The van der Waals surface area contributed by atoms with Crippen molar-refractivity contribution in [2.45, 2.75) is 64.4 Å². The van der Waals surface area contributed by atoms with Crippen molar-refractivity contribution < 1.29 is 28.6 Å². The molecule has 8 heteroatoms. The highest BCUT2D eigenvalue weighted by Crippen LogP contribution is 2.30. The Morgan fingerprint density at radius 2 is 1.91 bits per heavy atom. The Kier molecular flexibility index (Phi) is 7.60. The van der Waals surface area contributed by atoms with Crippen molar-refractivity contribution in [3.63, 3.8) is 0 Å². The van der Waals surface area contributed by atoms with Crippen molar-refractivity contribution in [1.29, 1.82) is 0 Å². The molecule has 184 valence electrons. The third-order valence-corrected chi connectivity index (χ3v) is 5.97. The van der Waals surface area contributed by atoms with E-state index in [1.165, 1.54) is 12.1 Å². The Balaban J connectivity index is 1.66. The van der Waals surface area contributed by atoms with Gasteiger partial charge in [0.05, 0.1) is 18.2 Å². The van der Waals surface area contributed by atoms with Crippen LogP contribution in [0.3, 0.4) is 0 Å². The molecule has 0 aliphatic carbocycles. The number of aromatic nitrogens is 2. The fourth-order valence-corrected chi connectivity index (χ4v) is 4.35. The molecule has 2 atom stereocenters. The van der Waals surface area contributed by atoms with Gasteiger partial charge in [0.2, 0.25) is 0 Å². The second kappa shape index (κ2) is 10.8. The normalized spacial score (nSPS) is 17.9. The molecular formula is C27H29FN2O5. The Hall–Kier alpha value is -3.52. The highest BCUT2D eigenvalue weighted by atomic mass is 19.1. The van der Waals surface area contributed by atoms with Gasteiger partial charge in [0, 0.05) is 24.9 Å². The molecule has 7 nitrogen and oxygen atoms in total. The molecule has 1 fully saturated rings. The van der Waals surface area contributed by atoms with Crippen molar-refractivity contribution in [2.24, 2.45) is 0 Å². The maximum absolute atomic E-state index is 13.6. The second-order valence-corrected chi connectivity index (χ2v) is 9.04. The third kappa shape index (κ3) is 5.95. The van der Waals surface area contributed by atoms with E-state index in [-0.39, 0.29) is 30.5 Å². The number of imidazole rings is 1. The first-order valence-corrected chi connectivity index (χ1v) is 11.8. The van der Waals surface area contributed by atoms with E-state index in [0.29, 0.717) is 36.5 Å². The highest BCUT2D eigenvalue weighted by molar-refractivity contribution is 5.90. The minimum Gasteiger partial charge on any atom is -0.462 e. The molecule has 1 N–H and O–H groups in total. The number of halogens is 1. The van der Waals surface area contributed by atoms with Gasteiger partial charge in [0.25, 0.3) is 0 Å². The van der Waals surface area contributed by atoms with Crippen LogP contribution in [0.15, 0.2) is 54.6 Å². The molecule has 1 aliphatic rings. The summed E-state index contributed by atoms with van der Waals surface area (Å²) in [7, 11) is 0. The predicted octanol–water partition coefficient (Wildman–Crippen LogP) is 4.63. The number of hydrogen-bond donors (Lipinski definition) is 1. The molecule has 3 aromatic rings. The molecule has 1 saturated heterocycles. The van der Waals surface area contributed by atoms with E-state index in [4.69, 9.17) is 9.47 Å². The lowest BCUT2D eigenvalue weighted by Crippen LogP contribution is -2.33. The number of aliphatic hydroxyl groups excluding tert-OH is 1. The van der Waals surface area contributed by atoms with Crippen LogP contribution in [-0.4, -0.2) is 38.8 Å². The summed E-state index contributed by atoms with van der Waals surface area (Å²) in [6.45, 7) is 4.43. The number of nitrogens with zero attached hydrogens (tertiary/aromatic N) is 2. The lowest BCUT2D eigenvalue weighted by atomic mass is 10.0. The van der Waals surface area contributed by atoms with Gasteiger partial charge >= 0.3 is 11.9 Å². The van der Waals surface area contributed by atoms with Gasteiger partial charge in [0.1, 0.15) is 24.4 Å². The number of ether oxygens (including phenoxy) is 2. The molecule has 2 heterocycles. The molecule has 35 heavy (non-hydrogen) atoms. The van der Waals surface area contributed by atoms with Crippen molar-refractivity contribution >= 4 is 11.9 Å². The van der Waals surface area contributed by atoms with Crippen molar-refractivity contribution in [3.05, 3.63) is 77.4 Å².